The number of rotatable bonds is 2. The van der Waals surface area contributed by atoms with Crippen molar-refractivity contribution in [3.63, 3.8) is 0 Å². The molecule has 0 spiro atoms. The van der Waals surface area contributed by atoms with Gasteiger partial charge in [0, 0.05) is 24.9 Å². The number of hydrogen-bond donors (Lipinski definition) is 1. The largest absolute Gasteiger partial charge is 0.333 e. The zero-order chi connectivity index (χ0) is 13.8. The maximum Gasteiger partial charge on any atom is 0.289 e. The third kappa shape index (κ3) is 3.04. The molecule has 104 valence electrons. The van der Waals surface area contributed by atoms with Crippen LogP contribution in [0.25, 0.3) is 11.3 Å². The highest BCUT2D eigenvalue weighted by Gasteiger charge is 2.18. The Morgan fingerprint density at radius 1 is 1.15 bits per heavy atom. The number of H-pyrrole nitrogens is 1. The Balaban J connectivity index is 1.66. The summed E-state index contributed by atoms with van der Waals surface area (Å²) in [5, 5.41) is 0.762. The predicted octanol–water partition coefficient (Wildman–Crippen LogP) is 3.77. The third-order valence-corrected chi connectivity index (χ3v) is 4.27. The van der Waals surface area contributed by atoms with Gasteiger partial charge in [0.15, 0.2) is 5.16 Å². The lowest BCUT2D eigenvalue weighted by atomic mass is 10.1. The molecule has 1 saturated heterocycles. The van der Waals surface area contributed by atoms with Gasteiger partial charge in [-0.2, -0.15) is 0 Å². The van der Waals surface area contributed by atoms with E-state index in [1.54, 1.807) is 6.20 Å². The molecule has 2 aromatic rings. The second-order valence-corrected chi connectivity index (χ2v) is 5.82. The maximum atomic E-state index is 12.1. The van der Waals surface area contributed by atoms with Crippen LogP contribution in [0.15, 0.2) is 41.7 Å². The Morgan fingerprint density at radius 3 is 2.65 bits per heavy atom. The molecule has 0 radical (unpaired) electrons. The molecule has 5 heteroatoms. The molecule has 0 unspecified atom stereocenters. The van der Waals surface area contributed by atoms with E-state index in [0.29, 0.717) is 5.16 Å². The van der Waals surface area contributed by atoms with E-state index in [1.165, 1.54) is 18.2 Å². The van der Waals surface area contributed by atoms with Gasteiger partial charge in [-0.25, -0.2) is 4.98 Å². The highest BCUT2D eigenvalue weighted by Crippen LogP contribution is 2.24. The number of carbonyl (C=O) groups is 1. The maximum absolute atomic E-state index is 12.1. The van der Waals surface area contributed by atoms with Gasteiger partial charge in [0.2, 0.25) is 0 Å². The lowest BCUT2D eigenvalue weighted by molar-refractivity contribution is 0.211. The van der Waals surface area contributed by atoms with Crippen LogP contribution in [0.1, 0.15) is 19.3 Å². The number of nitrogens with zero attached hydrogens (tertiary/aromatic N) is 2. The second-order valence-electron chi connectivity index (χ2n) is 4.88. The van der Waals surface area contributed by atoms with Crippen LogP contribution in [-0.2, 0) is 0 Å². The van der Waals surface area contributed by atoms with Crippen molar-refractivity contribution in [3.8, 4) is 11.3 Å². The monoisotopic (exact) mass is 287 g/mol. The van der Waals surface area contributed by atoms with Crippen molar-refractivity contribution in [2.75, 3.05) is 13.1 Å². The number of aromatic nitrogens is 2. The average molecular weight is 287 g/mol. The van der Waals surface area contributed by atoms with Crippen LogP contribution in [0, 0.1) is 0 Å². The van der Waals surface area contributed by atoms with Gasteiger partial charge >= 0.3 is 0 Å². The van der Waals surface area contributed by atoms with Crippen molar-refractivity contribution >= 4 is 17.0 Å². The number of likely N-dealkylation sites (tertiary alicyclic amines) is 1. The first-order valence-corrected chi connectivity index (χ1v) is 7.72. The quantitative estimate of drug-likeness (QED) is 0.855. The molecule has 20 heavy (non-hydrogen) atoms. The normalized spacial score (nSPS) is 15.3. The number of thioether (sulfide) groups is 1. The fourth-order valence-corrected chi connectivity index (χ4v) is 3.09. The summed E-state index contributed by atoms with van der Waals surface area (Å²) in [7, 11) is 0. The van der Waals surface area contributed by atoms with Crippen molar-refractivity contribution < 1.29 is 4.79 Å². The van der Waals surface area contributed by atoms with Gasteiger partial charge in [-0.15, -0.1) is 0 Å². The zero-order valence-corrected chi connectivity index (χ0v) is 12.0. The number of nitrogens with one attached hydrogen (secondary N) is 1. The minimum absolute atomic E-state index is 0.0960. The third-order valence-electron chi connectivity index (χ3n) is 3.44. The summed E-state index contributed by atoms with van der Waals surface area (Å²) in [6.45, 7) is 1.75. The molecule has 1 amide bonds. The van der Waals surface area contributed by atoms with E-state index < -0.39 is 0 Å². The van der Waals surface area contributed by atoms with Gasteiger partial charge in [0.25, 0.3) is 5.24 Å². The van der Waals surface area contributed by atoms with E-state index in [2.05, 4.69) is 9.97 Å². The van der Waals surface area contributed by atoms with E-state index in [9.17, 15) is 4.79 Å². The van der Waals surface area contributed by atoms with E-state index in [-0.39, 0.29) is 5.24 Å². The van der Waals surface area contributed by atoms with Crippen LogP contribution in [0.2, 0.25) is 0 Å². The molecule has 1 aromatic carbocycles. The summed E-state index contributed by atoms with van der Waals surface area (Å²) < 4.78 is 0. The average Bonchev–Trinajstić information content (AvgIpc) is 2.97. The SMILES string of the molecule is O=C(Sc1ncc(-c2ccccc2)[nH]1)N1CCCCC1. The topological polar surface area (TPSA) is 49.0 Å². The minimum Gasteiger partial charge on any atom is -0.333 e. The van der Waals surface area contributed by atoms with E-state index in [1.807, 2.05) is 35.2 Å². The molecule has 2 heterocycles. The molecule has 0 bridgehead atoms. The standard InChI is InChI=1S/C15H17N3OS/c19-15(18-9-5-2-6-10-18)20-14-16-11-13(17-14)12-7-3-1-4-8-12/h1,3-4,7-8,11H,2,5-6,9-10H2,(H,16,17). The van der Waals surface area contributed by atoms with Crippen molar-refractivity contribution in [2.24, 2.45) is 0 Å². The fraction of sp³-hybridized carbons (Fsp3) is 0.333. The fourth-order valence-electron chi connectivity index (χ4n) is 2.34. The van der Waals surface area contributed by atoms with E-state index >= 15 is 0 Å². The summed E-state index contributed by atoms with van der Waals surface area (Å²) >= 11 is 1.19. The molecule has 1 aliphatic heterocycles. The van der Waals surface area contributed by atoms with Crippen LogP contribution in [0.5, 0.6) is 0 Å². The van der Waals surface area contributed by atoms with Crippen LogP contribution in [-0.4, -0.2) is 33.2 Å². The summed E-state index contributed by atoms with van der Waals surface area (Å²) in [6, 6.07) is 10.0. The van der Waals surface area contributed by atoms with Gasteiger partial charge in [-0.1, -0.05) is 30.3 Å². The van der Waals surface area contributed by atoms with E-state index in [0.717, 1.165) is 37.2 Å². The molecule has 0 aliphatic carbocycles. The number of imidazole rings is 1. The Labute approximate surface area is 122 Å². The zero-order valence-electron chi connectivity index (χ0n) is 11.2. The molecule has 1 aromatic heterocycles. The van der Waals surface area contributed by atoms with Crippen LogP contribution >= 0.6 is 11.8 Å². The lowest BCUT2D eigenvalue weighted by Gasteiger charge is -2.25. The Morgan fingerprint density at radius 2 is 1.90 bits per heavy atom. The summed E-state index contributed by atoms with van der Waals surface area (Å²) in [5.74, 6) is 0. The molecule has 1 aliphatic rings. The molecule has 3 rings (SSSR count). The van der Waals surface area contributed by atoms with Crippen molar-refractivity contribution in [1.29, 1.82) is 0 Å². The first-order chi connectivity index (χ1) is 9.83. The summed E-state index contributed by atoms with van der Waals surface area (Å²) in [4.78, 5) is 21.5. The smallest absolute Gasteiger partial charge is 0.289 e. The van der Waals surface area contributed by atoms with Crippen molar-refractivity contribution in [2.45, 2.75) is 24.4 Å². The highest BCUT2D eigenvalue weighted by molar-refractivity contribution is 8.13. The van der Waals surface area contributed by atoms with Gasteiger partial charge in [-0.05, 0) is 24.8 Å². The first kappa shape index (κ1) is 13.2. The van der Waals surface area contributed by atoms with Gasteiger partial charge in [-0.3, -0.25) is 4.79 Å². The molecule has 0 saturated carbocycles. The molecule has 0 atom stereocenters. The Bertz CT molecular complexity index is 576. The minimum atomic E-state index is 0.0960. The molecule has 4 nitrogen and oxygen atoms in total. The number of amides is 1. The van der Waals surface area contributed by atoms with Gasteiger partial charge in [0.05, 0.1) is 11.9 Å². The van der Waals surface area contributed by atoms with Crippen molar-refractivity contribution in [3.05, 3.63) is 36.5 Å². The predicted molar refractivity (Wildman–Crippen MR) is 80.7 cm³/mol. The molecule has 1 N–H and O–H groups in total. The number of piperidine rings is 1. The van der Waals surface area contributed by atoms with Gasteiger partial charge < -0.3 is 9.88 Å². The van der Waals surface area contributed by atoms with Crippen LogP contribution < -0.4 is 0 Å². The lowest BCUT2D eigenvalue weighted by Crippen LogP contribution is -2.32. The molecular weight excluding hydrogens is 270 g/mol. The number of hydrogen-bond acceptors (Lipinski definition) is 3. The Kier molecular flexibility index (Phi) is 4.06. The van der Waals surface area contributed by atoms with E-state index in [4.69, 9.17) is 0 Å². The second kappa shape index (κ2) is 6.13. The van der Waals surface area contributed by atoms with Crippen LogP contribution in [0.3, 0.4) is 0 Å². The first-order valence-electron chi connectivity index (χ1n) is 6.90. The van der Waals surface area contributed by atoms with Crippen LogP contribution in [0.4, 0.5) is 4.79 Å². The molecular formula is C15H17N3OS. The van der Waals surface area contributed by atoms with Crippen molar-refractivity contribution in [1.82, 2.24) is 14.9 Å². The molecule has 1 fully saturated rings. The summed E-state index contributed by atoms with van der Waals surface area (Å²) in [5.41, 5.74) is 2.02. The number of carbonyl (C=O) groups excluding carboxylic acids is 1. The van der Waals surface area contributed by atoms with Gasteiger partial charge in [0.1, 0.15) is 0 Å². The number of aromatic amines is 1. The number of benzene rings is 1. The highest BCUT2D eigenvalue weighted by atomic mass is 32.2. The summed E-state index contributed by atoms with van der Waals surface area (Å²) in [6.07, 6.45) is 5.23. The Hall–Kier alpha value is -1.75.